The van der Waals surface area contributed by atoms with Crippen molar-refractivity contribution in [3.8, 4) is 0 Å². The number of carbonyl (C=O) groups is 2. The molecule has 0 aromatic rings. The minimum atomic E-state index is -0.661. The van der Waals surface area contributed by atoms with Crippen LogP contribution in [0.3, 0.4) is 0 Å². The van der Waals surface area contributed by atoms with Crippen molar-refractivity contribution in [1.82, 2.24) is 0 Å². The highest BCUT2D eigenvalue weighted by Gasteiger charge is 2.32. The van der Waals surface area contributed by atoms with Gasteiger partial charge >= 0.3 is 11.9 Å². The molecule has 0 heterocycles. The largest absolute Gasteiger partial charge is 0.465 e. The number of methoxy groups -OCH3 is 3. The lowest BCUT2D eigenvalue weighted by molar-refractivity contribution is -0.144. The van der Waals surface area contributed by atoms with Crippen LogP contribution in [0.15, 0.2) is 11.1 Å². The average Bonchev–Trinajstić information content (AvgIpc) is 2.76. The van der Waals surface area contributed by atoms with E-state index in [1.54, 1.807) is 7.11 Å². The molecule has 0 saturated heterocycles. The van der Waals surface area contributed by atoms with Crippen molar-refractivity contribution in [2.45, 2.75) is 25.4 Å². The summed E-state index contributed by atoms with van der Waals surface area (Å²) in [5, 5.41) is 0. The lowest BCUT2D eigenvalue weighted by Gasteiger charge is -2.13. The van der Waals surface area contributed by atoms with E-state index in [0.717, 1.165) is 12.8 Å². The molecule has 0 N–H and O–H groups in total. The van der Waals surface area contributed by atoms with Gasteiger partial charge in [0.15, 0.2) is 0 Å². The van der Waals surface area contributed by atoms with Gasteiger partial charge < -0.3 is 14.2 Å². The summed E-state index contributed by atoms with van der Waals surface area (Å²) in [5.74, 6) is -1.32. The average molecular weight is 228 g/mol. The Morgan fingerprint density at radius 3 is 2.12 bits per heavy atom. The first-order valence-electron chi connectivity index (χ1n) is 5.08. The van der Waals surface area contributed by atoms with Crippen molar-refractivity contribution in [3.63, 3.8) is 0 Å². The Morgan fingerprint density at radius 1 is 1.12 bits per heavy atom. The molecule has 0 radical (unpaired) electrons. The van der Waals surface area contributed by atoms with Crippen molar-refractivity contribution >= 4 is 11.9 Å². The second-order valence-corrected chi connectivity index (χ2v) is 3.50. The van der Waals surface area contributed by atoms with Gasteiger partial charge in [-0.25, -0.2) is 9.59 Å². The third-order valence-electron chi connectivity index (χ3n) is 2.69. The Labute approximate surface area is 94.4 Å². The van der Waals surface area contributed by atoms with Crippen molar-refractivity contribution in [1.29, 1.82) is 0 Å². The molecule has 0 bridgehead atoms. The Morgan fingerprint density at radius 2 is 1.69 bits per heavy atom. The summed E-state index contributed by atoms with van der Waals surface area (Å²) in [6, 6.07) is 0. The number of hydrogen-bond donors (Lipinski definition) is 0. The van der Waals surface area contributed by atoms with Gasteiger partial charge in [0.25, 0.3) is 0 Å². The zero-order valence-corrected chi connectivity index (χ0v) is 9.74. The highest BCUT2D eigenvalue weighted by molar-refractivity contribution is 6.14. The third-order valence-corrected chi connectivity index (χ3v) is 2.69. The summed E-state index contributed by atoms with van der Waals surface area (Å²) in [6.07, 6.45) is 2.18. The molecular weight excluding hydrogens is 212 g/mol. The molecule has 0 aliphatic heterocycles. The summed E-state index contributed by atoms with van der Waals surface area (Å²) in [4.78, 5) is 23.0. The topological polar surface area (TPSA) is 61.8 Å². The van der Waals surface area contributed by atoms with Crippen LogP contribution in [-0.2, 0) is 23.8 Å². The van der Waals surface area contributed by atoms with E-state index < -0.39 is 11.9 Å². The van der Waals surface area contributed by atoms with Gasteiger partial charge in [0, 0.05) is 7.11 Å². The fraction of sp³-hybridized carbons (Fsp3) is 0.636. The van der Waals surface area contributed by atoms with E-state index in [1.807, 2.05) is 0 Å². The van der Waals surface area contributed by atoms with Crippen LogP contribution in [0.4, 0.5) is 0 Å². The number of esters is 2. The minimum absolute atomic E-state index is 0.0191. The van der Waals surface area contributed by atoms with Gasteiger partial charge in [-0.3, -0.25) is 0 Å². The van der Waals surface area contributed by atoms with Crippen LogP contribution in [0.25, 0.3) is 0 Å². The molecule has 1 saturated carbocycles. The Bertz CT molecular complexity index is 300. The highest BCUT2D eigenvalue weighted by atomic mass is 16.5. The molecule has 1 aliphatic carbocycles. The van der Waals surface area contributed by atoms with Gasteiger partial charge in [0.1, 0.15) is 5.57 Å². The maximum absolute atomic E-state index is 11.5. The minimum Gasteiger partial charge on any atom is -0.465 e. The fourth-order valence-electron chi connectivity index (χ4n) is 1.91. The molecule has 0 spiro atoms. The molecule has 1 fully saturated rings. The van der Waals surface area contributed by atoms with Crippen LogP contribution in [0, 0.1) is 0 Å². The Kier molecular flexibility index (Phi) is 4.49. The number of carbonyl (C=O) groups excluding carboxylic acids is 2. The normalized spacial score (nSPS) is 19.4. The van der Waals surface area contributed by atoms with Gasteiger partial charge in [-0.05, 0) is 24.8 Å². The summed E-state index contributed by atoms with van der Waals surface area (Å²) in [6.45, 7) is 0. The second kappa shape index (κ2) is 5.65. The number of rotatable bonds is 3. The summed E-state index contributed by atoms with van der Waals surface area (Å²) >= 11 is 0. The SMILES string of the molecule is COC(=O)C(C(=O)OC)=C1CCCC1OC. The van der Waals surface area contributed by atoms with E-state index in [0.29, 0.717) is 12.0 Å². The smallest absolute Gasteiger partial charge is 0.345 e. The number of ether oxygens (including phenoxy) is 3. The predicted molar refractivity (Wildman–Crippen MR) is 55.7 cm³/mol. The van der Waals surface area contributed by atoms with Gasteiger partial charge in [-0.1, -0.05) is 0 Å². The van der Waals surface area contributed by atoms with Crippen LogP contribution in [0.1, 0.15) is 19.3 Å². The molecule has 0 amide bonds. The fourth-order valence-corrected chi connectivity index (χ4v) is 1.91. The zero-order chi connectivity index (χ0) is 12.1. The lowest BCUT2D eigenvalue weighted by atomic mass is 10.1. The molecule has 5 heteroatoms. The molecule has 0 aromatic carbocycles. The maximum Gasteiger partial charge on any atom is 0.345 e. The van der Waals surface area contributed by atoms with Gasteiger partial charge in [-0.2, -0.15) is 0 Å². The van der Waals surface area contributed by atoms with Crippen molar-refractivity contribution < 1.29 is 23.8 Å². The summed E-state index contributed by atoms with van der Waals surface area (Å²) < 4.78 is 14.4. The summed E-state index contributed by atoms with van der Waals surface area (Å²) in [7, 11) is 4.04. The van der Waals surface area contributed by atoms with Crippen LogP contribution < -0.4 is 0 Å². The Hall–Kier alpha value is -1.36. The van der Waals surface area contributed by atoms with E-state index in [4.69, 9.17) is 4.74 Å². The van der Waals surface area contributed by atoms with E-state index in [1.165, 1.54) is 14.2 Å². The molecule has 1 aliphatic rings. The van der Waals surface area contributed by atoms with Gasteiger partial charge in [0.05, 0.1) is 20.3 Å². The molecule has 0 aromatic heterocycles. The van der Waals surface area contributed by atoms with E-state index in [-0.39, 0.29) is 11.7 Å². The molecular formula is C11H16O5. The summed E-state index contributed by atoms with van der Waals surface area (Å²) in [5.41, 5.74) is 0.663. The van der Waals surface area contributed by atoms with Crippen molar-refractivity contribution in [2.75, 3.05) is 21.3 Å². The molecule has 16 heavy (non-hydrogen) atoms. The molecule has 1 rings (SSSR count). The van der Waals surface area contributed by atoms with Crippen LogP contribution in [0.5, 0.6) is 0 Å². The van der Waals surface area contributed by atoms with E-state index in [2.05, 4.69) is 9.47 Å². The standard InChI is InChI=1S/C11H16O5/c1-14-8-6-4-5-7(8)9(10(12)15-2)11(13)16-3/h8H,4-6H2,1-3H3. The van der Waals surface area contributed by atoms with Crippen LogP contribution in [0.2, 0.25) is 0 Å². The zero-order valence-electron chi connectivity index (χ0n) is 9.74. The predicted octanol–water partition coefficient (Wildman–Crippen LogP) is 0.828. The first kappa shape index (κ1) is 12.7. The van der Waals surface area contributed by atoms with Crippen molar-refractivity contribution in [3.05, 3.63) is 11.1 Å². The van der Waals surface area contributed by atoms with Gasteiger partial charge in [0.2, 0.25) is 0 Å². The first-order valence-corrected chi connectivity index (χ1v) is 5.08. The molecule has 1 atom stereocenters. The highest BCUT2D eigenvalue weighted by Crippen LogP contribution is 2.30. The third kappa shape index (κ3) is 2.41. The van der Waals surface area contributed by atoms with E-state index in [9.17, 15) is 9.59 Å². The number of hydrogen-bond acceptors (Lipinski definition) is 5. The van der Waals surface area contributed by atoms with E-state index >= 15 is 0 Å². The van der Waals surface area contributed by atoms with Crippen LogP contribution >= 0.6 is 0 Å². The molecule has 1 unspecified atom stereocenters. The van der Waals surface area contributed by atoms with Crippen molar-refractivity contribution in [2.24, 2.45) is 0 Å². The first-order chi connectivity index (χ1) is 7.65. The molecule has 90 valence electrons. The maximum atomic E-state index is 11.5. The van der Waals surface area contributed by atoms with Gasteiger partial charge in [-0.15, -0.1) is 0 Å². The quantitative estimate of drug-likeness (QED) is 0.310. The van der Waals surface area contributed by atoms with Crippen LogP contribution in [-0.4, -0.2) is 39.4 Å². The lowest BCUT2D eigenvalue weighted by Crippen LogP contribution is -2.22. The molecule has 5 nitrogen and oxygen atoms in total. The monoisotopic (exact) mass is 228 g/mol. The second-order valence-electron chi connectivity index (χ2n) is 3.50. The Balaban J connectivity index is 3.11.